The number of hydrogen-bond acceptors (Lipinski definition) is 5. The lowest BCUT2D eigenvalue weighted by Gasteiger charge is -2.03. The number of rotatable bonds is 5. The van der Waals surface area contributed by atoms with Crippen LogP contribution in [0.3, 0.4) is 0 Å². The van der Waals surface area contributed by atoms with Crippen molar-refractivity contribution in [2.75, 3.05) is 11.9 Å². The van der Waals surface area contributed by atoms with Gasteiger partial charge in [0.15, 0.2) is 5.13 Å². The van der Waals surface area contributed by atoms with Gasteiger partial charge in [0.2, 0.25) is 5.91 Å². The first-order valence-corrected chi connectivity index (χ1v) is 10.1. The van der Waals surface area contributed by atoms with Gasteiger partial charge in [-0.1, -0.05) is 30.3 Å². The molecule has 1 aromatic carbocycles. The van der Waals surface area contributed by atoms with Gasteiger partial charge in [-0.2, -0.15) is 0 Å². The van der Waals surface area contributed by atoms with Gasteiger partial charge < -0.3 is 10.6 Å². The van der Waals surface area contributed by atoms with Gasteiger partial charge in [-0.3, -0.25) is 9.59 Å². The average Bonchev–Trinajstić information content (AvgIpc) is 3.36. The van der Waals surface area contributed by atoms with Crippen LogP contribution < -0.4 is 10.6 Å². The largest absolute Gasteiger partial charge is 0.342 e. The van der Waals surface area contributed by atoms with Crippen molar-refractivity contribution in [1.29, 1.82) is 0 Å². The van der Waals surface area contributed by atoms with Crippen LogP contribution >= 0.6 is 22.7 Å². The molecule has 0 radical (unpaired) electrons. The molecule has 2 heterocycles. The van der Waals surface area contributed by atoms with Gasteiger partial charge in [-0.05, 0) is 30.9 Å². The third-order valence-electron chi connectivity index (χ3n) is 4.20. The summed E-state index contributed by atoms with van der Waals surface area (Å²) in [6.07, 6.45) is 3.28. The van der Waals surface area contributed by atoms with Crippen molar-refractivity contribution >= 4 is 39.6 Å². The molecule has 2 aromatic heterocycles. The lowest BCUT2D eigenvalue weighted by molar-refractivity contribution is -0.115. The van der Waals surface area contributed by atoms with Gasteiger partial charge in [0.1, 0.15) is 0 Å². The number of nitrogens with zero attached hydrogens (tertiary/aromatic N) is 1. The van der Waals surface area contributed by atoms with E-state index in [1.54, 1.807) is 0 Å². The Morgan fingerprint density at radius 2 is 2.00 bits per heavy atom. The fourth-order valence-corrected chi connectivity index (χ4v) is 4.83. The Hall–Kier alpha value is -2.51. The summed E-state index contributed by atoms with van der Waals surface area (Å²) in [4.78, 5) is 30.7. The lowest BCUT2D eigenvalue weighted by atomic mass is 10.2. The molecule has 0 atom stereocenters. The zero-order chi connectivity index (χ0) is 17.9. The third kappa shape index (κ3) is 3.68. The van der Waals surface area contributed by atoms with E-state index < -0.39 is 0 Å². The minimum Gasteiger partial charge on any atom is -0.342 e. The van der Waals surface area contributed by atoms with Crippen molar-refractivity contribution < 1.29 is 9.59 Å². The van der Waals surface area contributed by atoms with E-state index in [2.05, 4.69) is 15.6 Å². The maximum Gasteiger partial charge on any atom is 0.261 e. The maximum absolute atomic E-state index is 12.2. The Kier molecular flexibility index (Phi) is 4.81. The van der Waals surface area contributed by atoms with Crippen LogP contribution in [0.5, 0.6) is 0 Å². The van der Waals surface area contributed by atoms with Crippen molar-refractivity contribution in [1.82, 2.24) is 10.3 Å². The molecule has 5 nitrogen and oxygen atoms in total. The van der Waals surface area contributed by atoms with Crippen LogP contribution in [0.2, 0.25) is 0 Å². The Balaban J connectivity index is 1.31. The summed E-state index contributed by atoms with van der Waals surface area (Å²) in [5.41, 5.74) is 3.10. The molecular formula is C19H17N3O2S2. The van der Waals surface area contributed by atoms with Gasteiger partial charge in [0, 0.05) is 15.8 Å². The number of nitrogens with one attached hydrogen (secondary N) is 2. The smallest absolute Gasteiger partial charge is 0.261 e. The number of benzene rings is 1. The molecule has 1 aliphatic carbocycles. The molecule has 3 aromatic rings. The fourth-order valence-electron chi connectivity index (χ4n) is 2.92. The van der Waals surface area contributed by atoms with Crippen molar-refractivity contribution in [2.24, 2.45) is 0 Å². The zero-order valence-corrected chi connectivity index (χ0v) is 15.6. The lowest BCUT2D eigenvalue weighted by Crippen LogP contribution is -2.32. The highest BCUT2D eigenvalue weighted by molar-refractivity contribution is 7.14. The second kappa shape index (κ2) is 7.39. The number of thiazole rings is 1. The van der Waals surface area contributed by atoms with Crippen molar-refractivity contribution in [3.8, 4) is 11.3 Å². The minimum atomic E-state index is -0.281. The molecule has 4 rings (SSSR count). The number of aromatic nitrogens is 1. The quantitative estimate of drug-likeness (QED) is 0.705. The molecule has 0 fully saturated rings. The molecule has 0 saturated carbocycles. The summed E-state index contributed by atoms with van der Waals surface area (Å²) in [7, 11) is 0. The molecule has 0 unspecified atom stereocenters. The van der Waals surface area contributed by atoms with Crippen molar-refractivity contribution in [2.45, 2.75) is 19.3 Å². The van der Waals surface area contributed by atoms with E-state index in [1.165, 1.54) is 39.5 Å². The van der Waals surface area contributed by atoms with Crippen molar-refractivity contribution in [3.05, 3.63) is 57.1 Å². The summed E-state index contributed by atoms with van der Waals surface area (Å²) < 4.78 is 0. The number of fused-ring (bicyclic) bond motifs is 1. The van der Waals surface area contributed by atoms with E-state index in [0.717, 1.165) is 24.1 Å². The van der Waals surface area contributed by atoms with Gasteiger partial charge in [0.25, 0.3) is 5.91 Å². The summed E-state index contributed by atoms with van der Waals surface area (Å²) in [6.45, 7) is -0.0678. The van der Waals surface area contributed by atoms with Gasteiger partial charge in [0.05, 0.1) is 17.1 Å². The summed E-state index contributed by atoms with van der Waals surface area (Å²) in [5.74, 6) is -0.472. The molecule has 1 aliphatic rings. The molecule has 0 bridgehead atoms. The molecule has 2 N–H and O–H groups in total. The van der Waals surface area contributed by atoms with Crippen LogP contribution in [-0.2, 0) is 17.6 Å². The number of carbonyl (C=O) groups is 2. The maximum atomic E-state index is 12.2. The number of carbonyl (C=O) groups excluding carboxylic acids is 2. The third-order valence-corrected chi connectivity index (χ3v) is 6.19. The molecule has 0 spiro atoms. The predicted molar refractivity (Wildman–Crippen MR) is 105 cm³/mol. The molecule has 26 heavy (non-hydrogen) atoms. The Morgan fingerprint density at radius 1 is 1.15 bits per heavy atom. The zero-order valence-electron chi connectivity index (χ0n) is 14.0. The fraction of sp³-hybridized carbons (Fsp3) is 0.211. The standard InChI is InChI=1S/C19H17N3O2S2/c23-17(10-20-18(24)16-9-13-7-4-8-15(13)26-16)22-19-21-14(11-25-19)12-5-2-1-3-6-12/h1-3,5-6,9,11H,4,7-8,10H2,(H,20,24)(H,21,22,23). The Labute approximate surface area is 159 Å². The molecule has 0 aliphatic heterocycles. The summed E-state index contributed by atoms with van der Waals surface area (Å²) in [6, 6.07) is 11.7. The first-order chi connectivity index (χ1) is 12.7. The van der Waals surface area contributed by atoms with Crippen molar-refractivity contribution in [3.63, 3.8) is 0 Å². The van der Waals surface area contributed by atoms with E-state index in [1.807, 2.05) is 41.8 Å². The summed E-state index contributed by atoms with van der Waals surface area (Å²) >= 11 is 2.90. The van der Waals surface area contributed by atoms with Crippen LogP contribution in [0.15, 0.2) is 41.8 Å². The Bertz CT molecular complexity index is 925. The van der Waals surface area contributed by atoms with Crippen LogP contribution in [-0.4, -0.2) is 23.3 Å². The first-order valence-electron chi connectivity index (χ1n) is 8.39. The van der Waals surface area contributed by atoms with Crippen LogP contribution in [0.1, 0.15) is 26.5 Å². The second-order valence-corrected chi connectivity index (χ2v) is 8.04. The molecule has 0 saturated heterocycles. The topological polar surface area (TPSA) is 71.1 Å². The monoisotopic (exact) mass is 383 g/mol. The van der Waals surface area contributed by atoms with E-state index in [-0.39, 0.29) is 18.4 Å². The molecular weight excluding hydrogens is 366 g/mol. The number of aryl methyl sites for hydroxylation is 2. The molecule has 2 amide bonds. The van der Waals surface area contributed by atoms with E-state index in [0.29, 0.717) is 10.0 Å². The van der Waals surface area contributed by atoms with Crippen LogP contribution in [0, 0.1) is 0 Å². The second-order valence-electron chi connectivity index (χ2n) is 6.05. The molecule has 7 heteroatoms. The van der Waals surface area contributed by atoms with E-state index in [4.69, 9.17) is 0 Å². The normalized spacial score (nSPS) is 12.6. The molecule has 132 valence electrons. The number of amides is 2. The average molecular weight is 383 g/mol. The number of anilines is 1. The number of thiophene rings is 1. The minimum absolute atomic E-state index is 0.0678. The highest BCUT2D eigenvalue weighted by Gasteiger charge is 2.19. The van der Waals surface area contributed by atoms with Gasteiger partial charge >= 0.3 is 0 Å². The first kappa shape index (κ1) is 16.9. The SMILES string of the molecule is O=C(CNC(=O)c1cc2c(s1)CCC2)Nc1nc(-c2ccccc2)cs1. The number of hydrogen-bond donors (Lipinski definition) is 2. The van der Waals surface area contributed by atoms with E-state index in [9.17, 15) is 9.59 Å². The highest BCUT2D eigenvalue weighted by Crippen LogP contribution is 2.30. The van der Waals surface area contributed by atoms with Crippen LogP contribution in [0.4, 0.5) is 5.13 Å². The van der Waals surface area contributed by atoms with Gasteiger partial charge in [-0.15, -0.1) is 22.7 Å². The predicted octanol–water partition coefficient (Wildman–Crippen LogP) is 3.73. The van der Waals surface area contributed by atoms with Crippen LogP contribution in [0.25, 0.3) is 11.3 Å². The van der Waals surface area contributed by atoms with Gasteiger partial charge in [-0.25, -0.2) is 4.98 Å². The highest BCUT2D eigenvalue weighted by atomic mass is 32.1. The van der Waals surface area contributed by atoms with E-state index >= 15 is 0 Å². The Morgan fingerprint density at radius 3 is 2.81 bits per heavy atom. The summed E-state index contributed by atoms with van der Waals surface area (Å²) in [5, 5.41) is 7.84.